The van der Waals surface area contributed by atoms with E-state index in [1.807, 2.05) is 25.1 Å². The molecule has 0 aliphatic rings. The highest BCUT2D eigenvalue weighted by Crippen LogP contribution is 2.19. The molecule has 0 radical (unpaired) electrons. The van der Waals surface area contributed by atoms with Gasteiger partial charge in [0.05, 0.1) is 24.4 Å². The molecule has 154 valence electrons. The zero-order valence-electron chi connectivity index (χ0n) is 16.6. The van der Waals surface area contributed by atoms with Gasteiger partial charge in [0.25, 0.3) is 5.91 Å². The Labute approximate surface area is 175 Å². The van der Waals surface area contributed by atoms with Crippen LogP contribution in [-0.4, -0.2) is 29.9 Å². The molecule has 0 saturated carbocycles. The largest absolute Gasteiger partial charge is 0.493 e. The maximum Gasteiger partial charge on any atom is 0.255 e. The van der Waals surface area contributed by atoms with Crippen molar-refractivity contribution in [1.29, 1.82) is 0 Å². The summed E-state index contributed by atoms with van der Waals surface area (Å²) in [4.78, 5) is 28.8. The zero-order chi connectivity index (χ0) is 21.2. The van der Waals surface area contributed by atoms with Gasteiger partial charge in [-0.2, -0.15) is 0 Å². The van der Waals surface area contributed by atoms with Gasteiger partial charge >= 0.3 is 0 Å². The number of rotatable bonds is 9. The molecule has 1 heterocycles. The number of nitrogens with one attached hydrogen (secondary N) is 2. The predicted molar refractivity (Wildman–Crippen MR) is 114 cm³/mol. The van der Waals surface area contributed by atoms with Crippen LogP contribution in [0.1, 0.15) is 23.0 Å². The van der Waals surface area contributed by atoms with Crippen LogP contribution < -0.4 is 20.1 Å². The molecule has 0 bridgehead atoms. The van der Waals surface area contributed by atoms with Crippen LogP contribution in [0.2, 0.25) is 0 Å². The lowest BCUT2D eigenvalue weighted by Gasteiger charge is -2.11. The lowest BCUT2D eigenvalue weighted by atomic mass is 10.2. The Balaban J connectivity index is 1.52. The molecule has 0 unspecified atom stereocenters. The number of ether oxygens (including phenoxy) is 2. The van der Waals surface area contributed by atoms with E-state index in [0.717, 1.165) is 5.69 Å². The highest BCUT2D eigenvalue weighted by Gasteiger charge is 2.13. The van der Waals surface area contributed by atoms with Gasteiger partial charge in [0.1, 0.15) is 18.1 Å². The molecule has 3 aromatic rings. The predicted octanol–water partition coefficient (Wildman–Crippen LogP) is 3.43. The van der Waals surface area contributed by atoms with Crippen molar-refractivity contribution in [2.45, 2.75) is 13.5 Å². The molecule has 3 rings (SSSR count). The summed E-state index contributed by atoms with van der Waals surface area (Å²) < 4.78 is 11.2. The number of nitrogens with zero attached hydrogens (tertiary/aromatic N) is 1. The second-order valence-corrected chi connectivity index (χ2v) is 6.30. The van der Waals surface area contributed by atoms with E-state index in [9.17, 15) is 9.59 Å². The Morgan fingerprint density at radius 2 is 1.80 bits per heavy atom. The zero-order valence-corrected chi connectivity index (χ0v) is 16.6. The number of para-hydroxylation sites is 1. The first-order chi connectivity index (χ1) is 14.7. The fourth-order valence-corrected chi connectivity index (χ4v) is 2.70. The van der Waals surface area contributed by atoms with E-state index < -0.39 is 0 Å². The molecule has 2 amide bonds. The Bertz CT molecular complexity index is 993. The Morgan fingerprint density at radius 1 is 0.967 bits per heavy atom. The van der Waals surface area contributed by atoms with Crippen LogP contribution in [-0.2, 0) is 11.4 Å². The number of amides is 2. The summed E-state index contributed by atoms with van der Waals surface area (Å²) in [6, 6.07) is 19.5. The van der Waals surface area contributed by atoms with Gasteiger partial charge < -0.3 is 20.1 Å². The molecular weight excluding hydrogens is 382 g/mol. The Kier molecular flexibility index (Phi) is 7.38. The molecule has 7 nitrogen and oxygen atoms in total. The highest BCUT2D eigenvalue weighted by atomic mass is 16.5. The number of hydrogen-bond donors (Lipinski definition) is 2. The van der Waals surface area contributed by atoms with Crippen molar-refractivity contribution in [1.82, 2.24) is 10.3 Å². The fourth-order valence-electron chi connectivity index (χ4n) is 2.70. The van der Waals surface area contributed by atoms with Crippen molar-refractivity contribution in [2.24, 2.45) is 0 Å². The van der Waals surface area contributed by atoms with Crippen LogP contribution in [0.3, 0.4) is 0 Å². The average molecular weight is 405 g/mol. The van der Waals surface area contributed by atoms with Crippen molar-refractivity contribution >= 4 is 17.5 Å². The van der Waals surface area contributed by atoms with Crippen molar-refractivity contribution in [2.75, 3.05) is 18.5 Å². The van der Waals surface area contributed by atoms with Crippen molar-refractivity contribution in [3.05, 3.63) is 84.2 Å². The van der Waals surface area contributed by atoms with Crippen LogP contribution in [0.25, 0.3) is 0 Å². The number of carbonyl (C=O) groups is 2. The minimum Gasteiger partial charge on any atom is -0.493 e. The Morgan fingerprint density at radius 3 is 2.60 bits per heavy atom. The van der Waals surface area contributed by atoms with Gasteiger partial charge in [0.15, 0.2) is 0 Å². The summed E-state index contributed by atoms with van der Waals surface area (Å²) in [5.74, 6) is 0.365. The van der Waals surface area contributed by atoms with Crippen LogP contribution >= 0.6 is 0 Å². The van der Waals surface area contributed by atoms with E-state index in [1.165, 1.54) is 0 Å². The molecule has 7 heteroatoms. The van der Waals surface area contributed by atoms with Gasteiger partial charge in [-0.1, -0.05) is 24.3 Å². The first-order valence-electron chi connectivity index (χ1n) is 9.58. The number of carbonyl (C=O) groups excluding carboxylic acids is 2. The summed E-state index contributed by atoms with van der Waals surface area (Å²) in [5, 5.41) is 5.36. The van der Waals surface area contributed by atoms with Crippen LogP contribution in [0.5, 0.6) is 11.5 Å². The molecule has 2 N–H and O–H groups in total. The summed E-state index contributed by atoms with van der Waals surface area (Å²) in [6.45, 7) is 2.45. The molecule has 0 saturated heterocycles. The van der Waals surface area contributed by atoms with E-state index in [4.69, 9.17) is 9.47 Å². The lowest BCUT2D eigenvalue weighted by Crippen LogP contribution is -2.33. The topological polar surface area (TPSA) is 89.5 Å². The highest BCUT2D eigenvalue weighted by molar-refractivity contribution is 6.00. The van der Waals surface area contributed by atoms with E-state index in [1.54, 1.807) is 54.7 Å². The molecule has 30 heavy (non-hydrogen) atoms. The monoisotopic (exact) mass is 405 g/mol. The SMILES string of the molecule is CCOc1ccccc1C(=O)NCC(=O)Nc1cccc(OCc2ccccn2)c1. The second kappa shape index (κ2) is 10.6. The minimum atomic E-state index is -0.373. The third-order valence-electron chi connectivity index (χ3n) is 4.07. The van der Waals surface area contributed by atoms with E-state index in [2.05, 4.69) is 15.6 Å². The maximum atomic E-state index is 12.4. The quantitative estimate of drug-likeness (QED) is 0.569. The molecule has 2 aromatic carbocycles. The number of pyridine rings is 1. The first-order valence-corrected chi connectivity index (χ1v) is 9.58. The van der Waals surface area contributed by atoms with Gasteiger partial charge in [-0.15, -0.1) is 0 Å². The van der Waals surface area contributed by atoms with E-state index in [-0.39, 0.29) is 18.4 Å². The normalized spacial score (nSPS) is 10.2. The molecular formula is C23H23N3O4. The average Bonchev–Trinajstić information content (AvgIpc) is 2.78. The molecule has 0 fully saturated rings. The molecule has 0 aliphatic carbocycles. The van der Waals surface area contributed by atoms with Crippen molar-refractivity contribution < 1.29 is 19.1 Å². The molecule has 0 atom stereocenters. The van der Waals surface area contributed by atoms with Crippen molar-refractivity contribution in [3.63, 3.8) is 0 Å². The van der Waals surface area contributed by atoms with Gasteiger partial charge in [-0.3, -0.25) is 14.6 Å². The van der Waals surface area contributed by atoms with Gasteiger partial charge in [-0.25, -0.2) is 0 Å². The minimum absolute atomic E-state index is 0.168. The molecule has 1 aromatic heterocycles. The van der Waals surface area contributed by atoms with Crippen molar-refractivity contribution in [3.8, 4) is 11.5 Å². The van der Waals surface area contributed by atoms with Gasteiger partial charge in [0.2, 0.25) is 5.91 Å². The number of benzene rings is 2. The van der Waals surface area contributed by atoms with E-state index >= 15 is 0 Å². The number of hydrogen-bond acceptors (Lipinski definition) is 5. The van der Waals surface area contributed by atoms with Crippen LogP contribution in [0, 0.1) is 0 Å². The summed E-state index contributed by atoms with van der Waals surface area (Å²) in [7, 11) is 0. The maximum absolute atomic E-state index is 12.4. The second-order valence-electron chi connectivity index (χ2n) is 6.30. The van der Waals surface area contributed by atoms with Gasteiger partial charge in [-0.05, 0) is 43.3 Å². The summed E-state index contributed by atoms with van der Waals surface area (Å²) >= 11 is 0. The van der Waals surface area contributed by atoms with Gasteiger partial charge in [0, 0.05) is 18.0 Å². The lowest BCUT2D eigenvalue weighted by molar-refractivity contribution is -0.115. The molecule has 0 aliphatic heterocycles. The smallest absolute Gasteiger partial charge is 0.255 e. The fraction of sp³-hybridized carbons (Fsp3) is 0.174. The summed E-state index contributed by atoms with van der Waals surface area (Å²) in [5.41, 5.74) is 1.77. The molecule has 0 spiro atoms. The first kappa shape index (κ1) is 20.9. The summed E-state index contributed by atoms with van der Waals surface area (Å²) in [6.07, 6.45) is 1.70. The third-order valence-corrected chi connectivity index (χ3v) is 4.07. The van der Waals surface area contributed by atoms with E-state index in [0.29, 0.717) is 36.0 Å². The number of anilines is 1. The third kappa shape index (κ3) is 6.07. The Hall–Kier alpha value is -3.87. The van der Waals surface area contributed by atoms with Crippen LogP contribution in [0.15, 0.2) is 72.9 Å². The standard InChI is InChI=1S/C23H23N3O4/c1-2-29-21-12-4-3-11-20(21)23(28)25-15-22(27)26-17-9-7-10-19(14-17)30-16-18-8-5-6-13-24-18/h3-14H,2,15-16H2,1H3,(H,25,28)(H,26,27). The number of aromatic nitrogens is 1. The van der Waals surface area contributed by atoms with Crippen LogP contribution in [0.4, 0.5) is 5.69 Å².